The van der Waals surface area contributed by atoms with Crippen molar-refractivity contribution in [2.45, 2.75) is 6.92 Å². The van der Waals surface area contributed by atoms with Crippen molar-refractivity contribution < 1.29 is 3.07 Å². The van der Waals surface area contributed by atoms with E-state index in [0.29, 0.717) is 11.4 Å². The smallest absolute Gasteiger partial charge is 0.192 e. The quantitative estimate of drug-likeness (QED) is 0.665. The lowest BCUT2D eigenvalue weighted by Crippen LogP contribution is -1.91. The summed E-state index contributed by atoms with van der Waals surface area (Å²) in [6.07, 6.45) is 3.90. The molecule has 1 rings (SSSR count). The zero-order valence-electron chi connectivity index (χ0n) is 6.75. The molecule has 0 saturated carbocycles. The first kappa shape index (κ1) is 9.38. The molecule has 0 aliphatic rings. The van der Waals surface area contributed by atoms with E-state index >= 15 is 0 Å². The highest BCUT2D eigenvalue weighted by Gasteiger charge is 2.01. The van der Waals surface area contributed by atoms with Gasteiger partial charge in [0.1, 0.15) is 0 Å². The van der Waals surface area contributed by atoms with Crippen molar-refractivity contribution in [2.24, 2.45) is 0 Å². The fourth-order valence-electron chi connectivity index (χ4n) is 0.953. The Morgan fingerprint density at radius 3 is 2.83 bits per heavy atom. The Hall–Kier alpha value is -0.710. The molecule has 12 heavy (non-hydrogen) atoms. The average molecular weight is 275 g/mol. The number of nitrogen functional groups attached to an aromatic ring is 1. The molecule has 0 heterocycles. The molecule has 0 aromatic heterocycles. The van der Waals surface area contributed by atoms with E-state index in [1.807, 2.05) is 60.3 Å². The Kier molecular flexibility index (Phi) is 3.40. The van der Waals surface area contributed by atoms with Crippen LogP contribution in [-0.4, -0.2) is 0 Å². The highest BCUT2D eigenvalue weighted by molar-refractivity contribution is 14.1. The molecule has 0 saturated heterocycles. The molecule has 1 aromatic carbocycles. The molecule has 0 fully saturated rings. The van der Waals surface area contributed by atoms with E-state index in [4.69, 9.17) is 8.80 Å². The van der Waals surface area contributed by atoms with Gasteiger partial charge < -0.3 is 8.80 Å². The maximum Gasteiger partial charge on any atom is 0.192 e. The SMILES string of the molecule is C/C=C\c1cccc(OI)c1N. The van der Waals surface area contributed by atoms with Crippen molar-refractivity contribution in [3.8, 4) is 5.75 Å². The number of rotatable bonds is 2. The van der Waals surface area contributed by atoms with Gasteiger partial charge in [0.25, 0.3) is 0 Å². The van der Waals surface area contributed by atoms with E-state index in [1.54, 1.807) is 0 Å². The molecule has 0 atom stereocenters. The minimum atomic E-state index is 0.685. The third-order valence-electron chi connectivity index (χ3n) is 1.53. The third-order valence-corrected chi connectivity index (χ3v) is 2.00. The van der Waals surface area contributed by atoms with Gasteiger partial charge >= 0.3 is 0 Å². The minimum absolute atomic E-state index is 0.685. The number of allylic oxidation sites excluding steroid dienone is 1. The maximum atomic E-state index is 5.80. The summed E-state index contributed by atoms with van der Waals surface area (Å²) >= 11 is 1.82. The summed E-state index contributed by atoms with van der Waals surface area (Å²) in [6, 6.07) is 5.71. The van der Waals surface area contributed by atoms with Crippen LogP contribution in [0.2, 0.25) is 0 Å². The third kappa shape index (κ3) is 1.91. The predicted molar refractivity (Wildman–Crippen MR) is 60.2 cm³/mol. The number of nitrogens with two attached hydrogens (primary N) is 1. The van der Waals surface area contributed by atoms with Crippen molar-refractivity contribution in [2.75, 3.05) is 5.73 Å². The number of hydrogen-bond donors (Lipinski definition) is 1. The van der Waals surface area contributed by atoms with E-state index in [9.17, 15) is 0 Å². The summed E-state index contributed by atoms with van der Waals surface area (Å²) in [5, 5.41) is 0. The monoisotopic (exact) mass is 275 g/mol. The summed E-state index contributed by atoms with van der Waals surface area (Å²) < 4.78 is 5.04. The molecule has 0 bridgehead atoms. The zero-order chi connectivity index (χ0) is 8.97. The lowest BCUT2D eigenvalue weighted by molar-refractivity contribution is 0.720. The van der Waals surface area contributed by atoms with Gasteiger partial charge in [-0.1, -0.05) is 24.3 Å². The van der Waals surface area contributed by atoms with Crippen molar-refractivity contribution in [3.05, 3.63) is 29.8 Å². The molecule has 0 radical (unpaired) electrons. The fourth-order valence-corrected chi connectivity index (χ4v) is 1.34. The largest absolute Gasteiger partial charge is 0.425 e. The topological polar surface area (TPSA) is 35.2 Å². The first-order valence-electron chi connectivity index (χ1n) is 3.59. The van der Waals surface area contributed by atoms with Gasteiger partial charge in [0.05, 0.1) is 5.69 Å². The van der Waals surface area contributed by atoms with Gasteiger partial charge in [-0.3, -0.25) is 0 Å². The van der Waals surface area contributed by atoms with E-state index in [1.165, 1.54) is 0 Å². The summed E-state index contributed by atoms with van der Waals surface area (Å²) in [7, 11) is 0. The van der Waals surface area contributed by atoms with Crippen molar-refractivity contribution in [3.63, 3.8) is 0 Å². The fraction of sp³-hybridized carbons (Fsp3) is 0.111. The normalized spacial score (nSPS) is 10.5. The number of para-hydroxylation sites is 1. The predicted octanol–water partition coefficient (Wildman–Crippen LogP) is 3.03. The van der Waals surface area contributed by atoms with Crippen LogP contribution in [0, 0.1) is 0 Å². The summed E-state index contributed by atoms with van der Waals surface area (Å²) in [6.45, 7) is 1.96. The molecular weight excluding hydrogens is 265 g/mol. The number of hydrogen-bond acceptors (Lipinski definition) is 2. The van der Waals surface area contributed by atoms with Gasteiger partial charge in [-0.25, -0.2) is 0 Å². The second kappa shape index (κ2) is 4.35. The van der Waals surface area contributed by atoms with Crippen LogP contribution in [0.4, 0.5) is 5.69 Å². The van der Waals surface area contributed by atoms with Gasteiger partial charge in [-0.05, 0) is 13.0 Å². The van der Waals surface area contributed by atoms with E-state index < -0.39 is 0 Å². The van der Waals surface area contributed by atoms with Crippen LogP contribution in [0.15, 0.2) is 24.3 Å². The Bertz CT molecular complexity index is 297. The molecule has 3 heteroatoms. The van der Waals surface area contributed by atoms with Crippen LogP contribution in [-0.2, 0) is 0 Å². The lowest BCUT2D eigenvalue weighted by atomic mass is 10.1. The van der Waals surface area contributed by atoms with Crippen LogP contribution in [0.25, 0.3) is 6.08 Å². The van der Waals surface area contributed by atoms with Crippen LogP contribution in [0.5, 0.6) is 5.75 Å². The van der Waals surface area contributed by atoms with Crippen LogP contribution in [0.3, 0.4) is 0 Å². The molecular formula is C9H10INO. The average Bonchev–Trinajstić information content (AvgIpc) is 2.09. The maximum absolute atomic E-state index is 5.80. The second-order valence-corrected chi connectivity index (χ2v) is 2.78. The van der Waals surface area contributed by atoms with Crippen molar-refractivity contribution in [1.29, 1.82) is 0 Å². The van der Waals surface area contributed by atoms with Gasteiger partial charge in [0.2, 0.25) is 0 Å². The highest BCUT2D eigenvalue weighted by Crippen LogP contribution is 2.27. The van der Waals surface area contributed by atoms with Crippen molar-refractivity contribution >= 4 is 34.8 Å². The van der Waals surface area contributed by atoms with Crippen LogP contribution < -0.4 is 8.80 Å². The molecule has 2 N–H and O–H groups in total. The summed E-state index contributed by atoms with van der Waals surface area (Å²) in [5.74, 6) is 0.714. The van der Waals surface area contributed by atoms with Gasteiger partial charge in [-0.15, -0.1) is 0 Å². The number of halogens is 1. The van der Waals surface area contributed by atoms with Gasteiger partial charge in [-0.2, -0.15) is 0 Å². The Balaban J connectivity index is 3.13. The molecule has 64 valence electrons. The lowest BCUT2D eigenvalue weighted by Gasteiger charge is -2.04. The number of benzene rings is 1. The Morgan fingerprint density at radius 2 is 2.25 bits per heavy atom. The molecule has 0 amide bonds. The van der Waals surface area contributed by atoms with E-state index in [2.05, 4.69) is 0 Å². The van der Waals surface area contributed by atoms with Crippen LogP contribution >= 0.6 is 23.0 Å². The molecule has 0 unspecified atom stereocenters. The summed E-state index contributed by atoms with van der Waals surface area (Å²) in [4.78, 5) is 0. The first-order chi connectivity index (χ1) is 5.79. The van der Waals surface area contributed by atoms with E-state index in [-0.39, 0.29) is 0 Å². The minimum Gasteiger partial charge on any atom is -0.425 e. The van der Waals surface area contributed by atoms with Crippen LogP contribution in [0.1, 0.15) is 12.5 Å². The number of anilines is 1. The summed E-state index contributed by atoms with van der Waals surface area (Å²) in [5.41, 5.74) is 7.48. The highest BCUT2D eigenvalue weighted by atomic mass is 127. The molecule has 1 aromatic rings. The molecule has 2 nitrogen and oxygen atoms in total. The Morgan fingerprint density at radius 1 is 1.50 bits per heavy atom. The van der Waals surface area contributed by atoms with Gasteiger partial charge in [0, 0.05) is 5.56 Å². The zero-order valence-corrected chi connectivity index (χ0v) is 8.91. The van der Waals surface area contributed by atoms with Gasteiger partial charge in [0.15, 0.2) is 28.8 Å². The molecule has 0 spiro atoms. The molecule has 0 aliphatic heterocycles. The van der Waals surface area contributed by atoms with Crippen molar-refractivity contribution in [1.82, 2.24) is 0 Å². The molecule has 0 aliphatic carbocycles. The van der Waals surface area contributed by atoms with E-state index in [0.717, 1.165) is 5.56 Å². The standard InChI is InChI=1S/C9H10INO/c1-2-4-7-5-3-6-8(12-10)9(7)11/h2-6H,11H2,1H3/b4-2-. The second-order valence-electron chi connectivity index (χ2n) is 2.34. The first-order valence-corrected chi connectivity index (χ1v) is 4.47. The Labute approximate surface area is 86.1 Å².